The van der Waals surface area contributed by atoms with Crippen LogP contribution in [0.25, 0.3) is 0 Å². The Labute approximate surface area is 114 Å². The number of nitrogens with one attached hydrogen (secondary N) is 1. The van der Waals surface area contributed by atoms with Gasteiger partial charge in [0.15, 0.2) is 0 Å². The molecule has 1 aromatic heterocycles. The summed E-state index contributed by atoms with van der Waals surface area (Å²) in [5.41, 5.74) is -1.02. The number of anilines is 1. The van der Waals surface area contributed by atoms with E-state index in [0.717, 1.165) is 12.1 Å². The molecule has 0 spiro atoms. The first-order chi connectivity index (χ1) is 9.42. The minimum atomic E-state index is -4.56. The molecule has 1 rings (SSSR count). The summed E-state index contributed by atoms with van der Waals surface area (Å²) in [4.78, 5) is 3.43. The van der Waals surface area contributed by atoms with E-state index in [1.807, 2.05) is 0 Å². The zero-order chi connectivity index (χ0) is 15.2. The average Bonchev–Trinajstić information content (AvgIpc) is 2.42. The molecule has 0 aliphatic rings. The van der Waals surface area contributed by atoms with Gasteiger partial charge in [-0.3, -0.25) is 0 Å². The van der Waals surface area contributed by atoms with Crippen molar-refractivity contribution >= 4 is 5.82 Å². The molecule has 0 bridgehead atoms. The summed E-state index contributed by atoms with van der Waals surface area (Å²) in [6.45, 7) is 0.442. The Bertz CT molecular complexity index is 486. The Balaban J connectivity index is 2.89. The summed E-state index contributed by atoms with van der Waals surface area (Å²) in [6.07, 6.45) is -4.92. The largest absolute Gasteiger partial charge is 0.433 e. The normalized spacial score (nSPS) is 12.8. The van der Waals surface area contributed by atoms with Gasteiger partial charge in [0, 0.05) is 20.8 Å². The molecular formula is C12H14F3N3O2. The standard InChI is InChI=1S/C12H14F3N3O2/c1-19-7-9(20-2)6-17-11-8(5-16)3-4-10(18-11)12(13,14)15/h3-4,9H,6-7H2,1-2H3,(H,17,18). The van der Waals surface area contributed by atoms with E-state index in [1.165, 1.54) is 14.2 Å². The maximum absolute atomic E-state index is 12.6. The number of rotatable bonds is 6. The van der Waals surface area contributed by atoms with E-state index < -0.39 is 11.9 Å². The van der Waals surface area contributed by atoms with Crippen molar-refractivity contribution in [1.29, 1.82) is 5.26 Å². The molecule has 110 valence electrons. The maximum atomic E-state index is 12.6. The second-order valence-electron chi connectivity index (χ2n) is 3.90. The second-order valence-corrected chi connectivity index (χ2v) is 3.90. The molecule has 0 aliphatic heterocycles. The van der Waals surface area contributed by atoms with Crippen molar-refractivity contribution in [3.05, 3.63) is 23.4 Å². The SMILES string of the molecule is COCC(CNc1nc(C(F)(F)F)ccc1C#N)OC. The summed E-state index contributed by atoms with van der Waals surface area (Å²) in [5.74, 6) is -0.125. The molecule has 0 fully saturated rings. The number of halogens is 3. The zero-order valence-electron chi connectivity index (χ0n) is 11.0. The van der Waals surface area contributed by atoms with Crippen molar-refractivity contribution in [3.8, 4) is 6.07 Å². The van der Waals surface area contributed by atoms with Gasteiger partial charge in [-0.25, -0.2) is 4.98 Å². The molecule has 0 aliphatic carbocycles. The lowest BCUT2D eigenvalue weighted by atomic mass is 10.2. The van der Waals surface area contributed by atoms with Gasteiger partial charge < -0.3 is 14.8 Å². The van der Waals surface area contributed by atoms with Crippen LogP contribution >= 0.6 is 0 Å². The fourth-order valence-electron chi connectivity index (χ4n) is 1.45. The van der Waals surface area contributed by atoms with Gasteiger partial charge in [0.25, 0.3) is 0 Å². The molecule has 0 aromatic carbocycles. The Morgan fingerprint density at radius 2 is 2.10 bits per heavy atom. The third kappa shape index (κ3) is 4.36. The van der Waals surface area contributed by atoms with Crippen LogP contribution in [-0.2, 0) is 15.7 Å². The number of hydrogen-bond donors (Lipinski definition) is 1. The van der Waals surface area contributed by atoms with Crippen molar-refractivity contribution in [1.82, 2.24) is 4.98 Å². The molecule has 1 N–H and O–H groups in total. The van der Waals surface area contributed by atoms with Gasteiger partial charge in [0.05, 0.1) is 18.3 Å². The Morgan fingerprint density at radius 1 is 1.40 bits per heavy atom. The second kappa shape index (κ2) is 7.07. The van der Waals surface area contributed by atoms with E-state index in [0.29, 0.717) is 0 Å². The minimum absolute atomic E-state index is 0.0327. The number of nitriles is 1. The van der Waals surface area contributed by atoms with E-state index in [2.05, 4.69) is 10.3 Å². The molecule has 1 unspecified atom stereocenters. The monoisotopic (exact) mass is 289 g/mol. The summed E-state index contributed by atoms with van der Waals surface area (Å²) in [6, 6.07) is 3.63. The molecular weight excluding hydrogens is 275 g/mol. The van der Waals surface area contributed by atoms with Crippen LogP contribution in [0.2, 0.25) is 0 Å². The molecule has 0 saturated heterocycles. The highest BCUT2D eigenvalue weighted by Crippen LogP contribution is 2.29. The lowest BCUT2D eigenvalue weighted by molar-refractivity contribution is -0.141. The lowest BCUT2D eigenvalue weighted by Gasteiger charge is -2.16. The van der Waals surface area contributed by atoms with Crippen molar-refractivity contribution in [2.24, 2.45) is 0 Å². The number of pyridine rings is 1. The van der Waals surface area contributed by atoms with E-state index in [9.17, 15) is 13.2 Å². The topological polar surface area (TPSA) is 67.2 Å². The maximum Gasteiger partial charge on any atom is 0.433 e. The highest BCUT2D eigenvalue weighted by atomic mass is 19.4. The van der Waals surface area contributed by atoms with Crippen LogP contribution in [0.3, 0.4) is 0 Å². The first-order valence-corrected chi connectivity index (χ1v) is 5.66. The summed E-state index contributed by atoms with van der Waals surface area (Å²) in [7, 11) is 2.94. The van der Waals surface area contributed by atoms with Crippen LogP contribution in [0.15, 0.2) is 12.1 Å². The van der Waals surface area contributed by atoms with E-state index in [-0.39, 0.29) is 30.6 Å². The first-order valence-electron chi connectivity index (χ1n) is 5.66. The number of alkyl halides is 3. The van der Waals surface area contributed by atoms with Crippen molar-refractivity contribution in [2.75, 3.05) is 32.7 Å². The van der Waals surface area contributed by atoms with Crippen molar-refractivity contribution in [2.45, 2.75) is 12.3 Å². The van der Waals surface area contributed by atoms with Gasteiger partial charge in [0.2, 0.25) is 0 Å². The Morgan fingerprint density at radius 3 is 2.60 bits per heavy atom. The Hall–Kier alpha value is -1.85. The van der Waals surface area contributed by atoms with Gasteiger partial charge in [-0.05, 0) is 12.1 Å². The van der Waals surface area contributed by atoms with Gasteiger partial charge in [-0.15, -0.1) is 0 Å². The lowest BCUT2D eigenvalue weighted by Crippen LogP contribution is -2.27. The number of aromatic nitrogens is 1. The van der Waals surface area contributed by atoms with Crippen LogP contribution < -0.4 is 5.32 Å². The number of ether oxygens (including phenoxy) is 2. The number of methoxy groups -OCH3 is 2. The third-order valence-corrected chi connectivity index (χ3v) is 2.49. The molecule has 0 radical (unpaired) electrons. The Kier molecular flexibility index (Phi) is 5.73. The summed E-state index contributed by atoms with van der Waals surface area (Å²) >= 11 is 0. The predicted octanol–water partition coefficient (Wildman–Crippen LogP) is 2.05. The molecule has 0 saturated carbocycles. The molecule has 20 heavy (non-hydrogen) atoms. The van der Waals surface area contributed by atoms with Gasteiger partial charge in [-0.1, -0.05) is 0 Å². The highest BCUT2D eigenvalue weighted by Gasteiger charge is 2.33. The van der Waals surface area contributed by atoms with Gasteiger partial charge >= 0.3 is 6.18 Å². The minimum Gasteiger partial charge on any atom is -0.382 e. The van der Waals surface area contributed by atoms with Gasteiger partial charge in [0.1, 0.15) is 17.6 Å². The van der Waals surface area contributed by atoms with Crippen molar-refractivity contribution in [3.63, 3.8) is 0 Å². The van der Waals surface area contributed by atoms with Crippen LogP contribution in [0.4, 0.5) is 19.0 Å². The molecule has 5 nitrogen and oxygen atoms in total. The van der Waals surface area contributed by atoms with E-state index >= 15 is 0 Å². The van der Waals surface area contributed by atoms with Crippen LogP contribution in [0.5, 0.6) is 0 Å². The van der Waals surface area contributed by atoms with Gasteiger partial charge in [-0.2, -0.15) is 18.4 Å². The third-order valence-electron chi connectivity index (χ3n) is 2.49. The van der Waals surface area contributed by atoms with Crippen LogP contribution in [0, 0.1) is 11.3 Å². The molecule has 1 aromatic rings. The molecule has 1 atom stereocenters. The smallest absolute Gasteiger partial charge is 0.382 e. The fraction of sp³-hybridized carbons (Fsp3) is 0.500. The highest BCUT2D eigenvalue weighted by molar-refractivity contribution is 5.52. The molecule has 8 heteroatoms. The van der Waals surface area contributed by atoms with E-state index in [4.69, 9.17) is 14.7 Å². The average molecular weight is 289 g/mol. The first kappa shape index (κ1) is 16.2. The number of hydrogen-bond acceptors (Lipinski definition) is 5. The quantitative estimate of drug-likeness (QED) is 0.868. The van der Waals surface area contributed by atoms with Crippen LogP contribution in [-0.4, -0.2) is 38.5 Å². The molecule has 0 amide bonds. The number of nitrogens with zero attached hydrogens (tertiary/aromatic N) is 2. The molecule has 1 heterocycles. The van der Waals surface area contributed by atoms with E-state index in [1.54, 1.807) is 6.07 Å². The fourth-order valence-corrected chi connectivity index (χ4v) is 1.45. The summed E-state index contributed by atoms with van der Waals surface area (Å²) < 4.78 is 47.7. The zero-order valence-corrected chi connectivity index (χ0v) is 11.0. The predicted molar refractivity (Wildman–Crippen MR) is 65.1 cm³/mol. The summed E-state index contributed by atoms with van der Waals surface area (Å²) in [5, 5.41) is 11.5. The van der Waals surface area contributed by atoms with Crippen LogP contribution in [0.1, 0.15) is 11.3 Å². The van der Waals surface area contributed by atoms with Crippen molar-refractivity contribution < 1.29 is 22.6 Å².